The first-order chi connectivity index (χ1) is 12.1. The van der Waals surface area contributed by atoms with E-state index in [0.29, 0.717) is 5.69 Å². The maximum atomic E-state index is 12.1. The third kappa shape index (κ3) is 5.30. The molecule has 1 amide bonds. The highest BCUT2D eigenvalue weighted by Crippen LogP contribution is 2.22. The number of amides is 1. The molecule has 0 aliphatic heterocycles. The molecule has 1 N–H and O–H groups in total. The zero-order valence-corrected chi connectivity index (χ0v) is 17.0. The van der Waals surface area contributed by atoms with E-state index in [-0.39, 0.29) is 15.5 Å². The van der Waals surface area contributed by atoms with Crippen LogP contribution in [0.1, 0.15) is 15.9 Å². The molecule has 0 unspecified atom stereocenters. The number of hydrogen-bond acceptors (Lipinski definition) is 5. The van der Waals surface area contributed by atoms with Gasteiger partial charge in [0.1, 0.15) is 0 Å². The highest BCUT2D eigenvalue weighted by atomic mass is 79.9. The van der Waals surface area contributed by atoms with Crippen LogP contribution in [0.4, 0.5) is 5.69 Å². The first-order valence-corrected chi connectivity index (χ1v) is 10.4. The van der Waals surface area contributed by atoms with E-state index in [1.54, 1.807) is 12.1 Å². The van der Waals surface area contributed by atoms with Gasteiger partial charge in [-0.05, 0) is 42.8 Å². The lowest BCUT2D eigenvalue weighted by molar-refractivity contribution is -0.119. The average molecular weight is 461 g/mol. The predicted molar refractivity (Wildman–Crippen MR) is 102 cm³/mol. The van der Waals surface area contributed by atoms with Crippen molar-refractivity contribution in [2.24, 2.45) is 0 Å². The average Bonchev–Trinajstić information content (AvgIpc) is 2.55. The number of esters is 1. The van der Waals surface area contributed by atoms with Gasteiger partial charge in [-0.2, -0.15) is 0 Å². The minimum atomic E-state index is -3.51. The van der Waals surface area contributed by atoms with Crippen molar-refractivity contribution in [3.05, 3.63) is 57.0 Å². The lowest BCUT2D eigenvalue weighted by Crippen LogP contribution is -2.21. The molecule has 0 saturated carbocycles. The molecule has 26 heavy (non-hydrogen) atoms. The monoisotopic (exact) mass is 459 g/mol. The Balaban J connectivity index is 2.04. The van der Waals surface area contributed by atoms with Gasteiger partial charge >= 0.3 is 5.97 Å². The SMILES string of the molecule is Cc1ccc(NC(=O)COC(=O)c2cc(S(C)(=O)=O)ccc2Cl)cc1Br. The maximum absolute atomic E-state index is 12.1. The van der Waals surface area contributed by atoms with Gasteiger partial charge in [0, 0.05) is 16.4 Å². The van der Waals surface area contributed by atoms with Crippen molar-refractivity contribution in [1.82, 2.24) is 0 Å². The van der Waals surface area contributed by atoms with E-state index in [4.69, 9.17) is 16.3 Å². The minimum Gasteiger partial charge on any atom is -0.452 e. The lowest BCUT2D eigenvalue weighted by atomic mass is 10.2. The van der Waals surface area contributed by atoms with Gasteiger partial charge in [-0.1, -0.05) is 33.6 Å². The normalized spacial score (nSPS) is 11.1. The van der Waals surface area contributed by atoms with Crippen LogP contribution in [-0.4, -0.2) is 33.2 Å². The highest BCUT2D eigenvalue weighted by molar-refractivity contribution is 9.10. The van der Waals surface area contributed by atoms with Crippen LogP contribution in [-0.2, 0) is 19.4 Å². The van der Waals surface area contributed by atoms with Gasteiger partial charge in [0.05, 0.1) is 15.5 Å². The molecule has 0 radical (unpaired) electrons. The second-order valence-electron chi connectivity index (χ2n) is 5.50. The number of hydrogen-bond donors (Lipinski definition) is 1. The summed E-state index contributed by atoms with van der Waals surface area (Å²) in [6.07, 6.45) is 1.01. The molecule has 0 bridgehead atoms. The summed E-state index contributed by atoms with van der Waals surface area (Å²) in [6, 6.07) is 8.96. The molecule has 2 rings (SSSR count). The summed E-state index contributed by atoms with van der Waals surface area (Å²) in [6.45, 7) is 1.37. The van der Waals surface area contributed by atoms with Crippen LogP contribution in [0, 0.1) is 6.92 Å². The van der Waals surface area contributed by atoms with Crippen molar-refractivity contribution in [3.63, 3.8) is 0 Å². The third-order valence-electron chi connectivity index (χ3n) is 3.38. The number of nitrogens with one attached hydrogen (secondary N) is 1. The molecule has 2 aromatic rings. The van der Waals surface area contributed by atoms with Crippen molar-refractivity contribution in [2.45, 2.75) is 11.8 Å². The third-order valence-corrected chi connectivity index (χ3v) is 5.67. The Morgan fingerprint density at radius 2 is 1.88 bits per heavy atom. The number of anilines is 1. The van der Waals surface area contributed by atoms with Gasteiger partial charge < -0.3 is 10.1 Å². The highest BCUT2D eigenvalue weighted by Gasteiger charge is 2.17. The quantitative estimate of drug-likeness (QED) is 0.689. The Bertz CT molecular complexity index is 975. The summed E-state index contributed by atoms with van der Waals surface area (Å²) in [5.41, 5.74) is 1.43. The maximum Gasteiger partial charge on any atom is 0.340 e. The molecule has 2 aromatic carbocycles. The van der Waals surface area contributed by atoms with Gasteiger partial charge in [-0.25, -0.2) is 13.2 Å². The number of rotatable bonds is 5. The Kier molecular flexibility index (Phi) is 6.44. The standard InChI is InChI=1S/C17H15BrClNO5S/c1-10-3-4-11(7-14(10)18)20-16(21)9-25-17(22)13-8-12(26(2,23)24)5-6-15(13)19/h3-8H,9H2,1-2H3,(H,20,21). The van der Waals surface area contributed by atoms with Gasteiger partial charge in [0.25, 0.3) is 5.91 Å². The fraction of sp³-hybridized carbons (Fsp3) is 0.176. The Hall–Kier alpha value is -1.90. The molecule has 0 heterocycles. The van der Waals surface area contributed by atoms with Crippen molar-refractivity contribution >= 4 is 54.9 Å². The number of carbonyl (C=O) groups excluding carboxylic acids is 2. The van der Waals surface area contributed by atoms with Crippen molar-refractivity contribution < 1.29 is 22.7 Å². The van der Waals surface area contributed by atoms with Gasteiger partial charge in [0.2, 0.25) is 0 Å². The fourth-order valence-electron chi connectivity index (χ4n) is 1.97. The number of sulfone groups is 1. The summed E-state index contributed by atoms with van der Waals surface area (Å²) in [4.78, 5) is 24.0. The molecule has 0 spiro atoms. The topological polar surface area (TPSA) is 89.5 Å². The zero-order chi connectivity index (χ0) is 19.5. The molecule has 0 saturated heterocycles. The van der Waals surface area contributed by atoms with Crippen LogP contribution in [0.25, 0.3) is 0 Å². The van der Waals surface area contributed by atoms with Crippen LogP contribution in [0.5, 0.6) is 0 Å². The van der Waals surface area contributed by atoms with E-state index in [1.165, 1.54) is 12.1 Å². The first-order valence-electron chi connectivity index (χ1n) is 7.30. The molecule has 0 aliphatic rings. The van der Waals surface area contributed by atoms with Gasteiger partial charge in [0.15, 0.2) is 16.4 Å². The summed E-state index contributed by atoms with van der Waals surface area (Å²) in [5.74, 6) is -1.43. The number of carbonyl (C=O) groups is 2. The smallest absolute Gasteiger partial charge is 0.340 e. The summed E-state index contributed by atoms with van der Waals surface area (Å²) in [7, 11) is -3.51. The molecule has 0 aromatic heterocycles. The van der Waals surface area contributed by atoms with E-state index in [9.17, 15) is 18.0 Å². The van der Waals surface area contributed by atoms with Gasteiger partial charge in [-0.3, -0.25) is 4.79 Å². The van der Waals surface area contributed by atoms with E-state index in [2.05, 4.69) is 21.2 Å². The van der Waals surface area contributed by atoms with Crippen molar-refractivity contribution in [1.29, 1.82) is 0 Å². The van der Waals surface area contributed by atoms with E-state index >= 15 is 0 Å². The van der Waals surface area contributed by atoms with E-state index in [1.807, 2.05) is 13.0 Å². The van der Waals surface area contributed by atoms with Crippen LogP contribution in [0.15, 0.2) is 45.8 Å². The Labute approximate surface area is 164 Å². The fourth-order valence-corrected chi connectivity index (χ4v) is 3.19. The van der Waals surface area contributed by atoms with Crippen molar-refractivity contribution in [2.75, 3.05) is 18.2 Å². The predicted octanol–water partition coefficient (Wildman–Crippen LogP) is 3.61. The Morgan fingerprint density at radius 3 is 2.50 bits per heavy atom. The molecular formula is C17H15BrClNO5S. The van der Waals surface area contributed by atoms with Crippen LogP contribution in [0.3, 0.4) is 0 Å². The molecular weight excluding hydrogens is 446 g/mol. The summed E-state index contributed by atoms with van der Waals surface area (Å²) in [5, 5.41) is 2.62. The van der Waals surface area contributed by atoms with Crippen molar-refractivity contribution in [3.8, 4) is 0 Å². The number of halogens is 2. The minimum absolute atomic E-state index is 0.0327. The first kappa shape index (κ1) is 20.4. The largest absolute Gasteiger partial charge is 0.452 e. The molecule has 0 atom stereocenters. The molecule has 9 heteroatoms. The summed E-state index contributed by atoms with van der Waals surface area (Å²) >= 11 is 9.28. The van der Waals surface area contributed by atoms with Crippen LogP contribution in [0.2, 0.25) is 5.02 Å². The molecule has 6 nitrogen and oxygen atoms in total. The molecule has 0 fully saturated rings. The van der Waals surface area contributed by atoms with E-state index in [0.717, 1.165) is 22.4 Å². The molecule has 0 aliphatic carbocycles. The second kappa shape index (κ2) is 8.20. The second-order valence-corrected chi connectivity index (χ2v) is 8.78. The van der Waals surface area contributed by atoms with E-state index < -0.39 is 28.3 Å². The lowest BCUT2D eigenvalue weighted by Gasteiger charge is -2.09. The van der Waals surface area contributed by atoms with Crippen LogP contribution >= 0.6 is 27.5 Å². The summed E-state index contributed by atoms with van der Waals surface area (Å²) < 4.78 is 28.9. The number of benzene rings is 2. The number of ether oxygens (including phenoxy) is 1. The molecule has 138 valence electrons. The number of aryl methyl sites for hydroxylation is 1. The van der Waals surface area contributed by atoms with Crippen LogP contribution < -0.4 is 5.32 Å². The van der Waals surface area contributed by atoms with Gasteiger partial charge in [-0.15, -0.1) is 0 Å². The Morgan fingerprint density at radius 1 is 1.19 bits per heavy atom. The zero-order valence-electron chi connectivity index (χ0n) is 13.9.